The lowest BCUT2D eigenvalue weighted by Gasteiger charge is -2.34. The smallest absolute Gasteiger partial charge is 0.274 e. The molecule has 0 unspecified atom stereocenters. The number of methoxy groups -OCH3 is 1. The Morgan fingerprint density at radius 3 is 2.80 bits per heavy atom. The molecule has 7 nitrogen and oxygen atoms in total. The Kier molecular flexibility index (Phi) is 5.09. The average Bonchev–Trinajstić information content (AvgIpc) is 3.45. The number of aliphatic imine (C=N–C) groups is 1. The molecule has 1 aliphatic carbocycles. The van der Waals surface area contributed by atoms with Gasteiger partial charge in [0, 0.05) is 17.7 Å². The number of nitrogens with one attached hydrogen (secondary N) is 1. The maximum absolute atomic E-state index is 13.8. The highest BCUT2D eigenvalue weighted by Crippen LogP contribution is 2.68. The second-order valence-electron chi connectivity index (χ2n) is 7.31. The van der Waals surface area contributed by atoms with E-state index < -0.39 is 28.5 Å². The zero-order valence-corrected chi connectivity index (χ0v) is 17.6. The molecule has 4 rings (SSSR count). The Morgan fingerprint density at radius 1 is 1.40 bits per heavy atom. The van der Waals surface area contributed by atoms with Crippen molar-refractivity contribution in [3.05, 3.63) is 46.9 Å². The van der Waals surface area contributed by atoms with Crippen LogP contribution in [0.4, 0.5) is 14.5 Å². The molecule has 3 N–H and O–H groups in total. The van der Waals surface area contributed by atoms with Gasteiger partial charge in [-0.25, -0.2) is 18.7 Å². The number of hydrogen-bond donors (Lipinski definition) is 2. The van der Waals surface area contributed by atoms with E-state index >= 15 is 0 Å². The van der Waals surface area contributed by atoms with Gasteiger partial charge < -0.3 is 15.8 Å². The lowest BCUT2D eigenvalue weighted by molar-refractivity contribution is 0.102. The summed E-state index contributed by atoms with van der Waals surface area (Å²) < 4.78 is 31.7. The van der Waals surface area contributed by atoms with Gasteiger partial charge >= 0.3 is 0 Å². The lowest BCUT2D eigenvalue weighted by Crippen LogP contribution is -2.38. The minimum atomic E-state index is -2.54. The number of amidine groups is 1. The van der Waals surface area contributed by atoms with Crippen molar-refractivity contribution < 1.29 is 18.3 Å². The van der Waals surface area contributed by atoms with Crippen LogP contribution in [0.15, 0.2) is 35.6 Å². The van der Waals surface area contributed by atoms with E-state index in [1.807, 2.05) is 0 Å². The maximum atomic E-state index is 13.8. The van der Waals surface area contributed by atoms with E-state index in [4.69, 9.17) is 22.1 Å². The standard InChI is InChI=1S/C19H18ClF2N5O2S/c1-18(13-6-19(13,16(21)22)30-17(23)27-18)11-5-10(8-25-15(11)29-2)26-14(28)12-4-3-9(20)7-24-12/h3-5,7-8,13,16H,6H2,1-2H3,(H2,23,27)(H,26,28)/t13-,18+,19-/m0/s1. The number of ether oxygens (including phenoxy) is 1. The van der Waals surface area contributed by atoms with E-state index in [0.717, 1.165) is 11.8 Å². The molecular weight excluding hydrogens is 436 g/mol. The number of aromatic nitrogens is 2. The van der Waals surface area contributed by atoms with Crippen molar-refractivity contribution in [2.75, 3.05) is 12.4 Å². The molecule has 3 heterocycles. The number of nitrogens with two attached hydrogens (primary N) is 1. The first kappa shape index (κ1) is 20.8. The van der Waals surface area contributed by atoms with E-state index in [0.29, 0.717) is 16.3 Å². The Bertz CT molecular complexity index is 1040. The third-order valence-corrected chi connectivity index (χ3v) is 6.98. The van der Waals surface area contributed by atoms with Gasteiger partial charge in [0.15, 0.2) is 5.17 Å². The molecule has 0 radical (unpaired) electrons. The topological polar surface area (TPSA) is 102 Å². The zero-order valence-electron chi connectivity index (χ0n) is 16.0. The Morgan fingerprint density at radius 2 is 2.17 bits per heavy atom. The lowest BCUT2D eigenvalue weighted by atomic mass is 9.86. The molecule has 0 bridgehead atoms. The highest BCUT2D eigenvalue weighted by Gasteiger charge is 2.71. The number of halogens is 3. The van der Waals surface area contributed by atoms with Crippen molar-refractivity contribution >= 4 is 40.1 Å². The summed E-state index contributed by atoms with van der Waals surface area (Å²) in [4.78, 5) is 25.2. The highest BCUT2D eigenvalue weighted by atomic mass is 35.5. The molecule has 158 valence electrons. The number of hydrogen-bond acceptors (Lipinski definition) is 7. The molecule has 1 amide bonds. The molecule has 3 atom stereocenters. The number of anilines is 1. The largest absolute Gasteiger partial charge is 0.481 e. The number of nitrogens with zero attached hydrogens (tertiary/aromatic N) is 3. The van der Waals surface area contributed by atoms with Gasteiger partial charge in [0.1, 0.15) is 5.69 Å². The number of carbonyl (C=O) groups excluding carboxylic acids is 1. The molecule has 0 spiro atoms. The van der Waals surface area contributed by atoms with Crippen molar-refractivity contribution in [1.82, 2.24) is 9.97 Å². The summed E-state index contributed by atoms with van der Waals surface area (Å²) >= 11 is 6.72. The summed E-state index contributed by atoms with van der Waals surface area (Å²) in [5, 5.41) is 3.20. The van der Waals surface area contributed by atoms with Crippen LogP contribution >= 0.6 is 23.4 Å². The van der Waals surface area contributed by atoms with Crippen LogP contribution in [0.3, 0.4) is 0 Å². The fraction of sp³-hybridized carbons (Fsp3) is 0.368. The molecule has 1 aliphatic heterocycles. The van der Waals surface area contributed by atoms with Crippen LogP contribution in [0, 0.1) is 5.92 Å². The average molecular weight is 454 g/mol. The third-order valence-electron chi connectivity index (χ3n) is 5.45. The van der Waals surface area contributed by atoms with Gasteiger partial charge in [0.2, 0.25) is 5.88 Å². The van der Waals surface area contributed by atoms with Crippen LogP contribution in [0.25, 0.3) is 0 Å². The van der Waals surface area contributed by atoms with Gasteiger partial charge in [-0.15, -0.1) is 0 Å². The zero-order chi connectivity index (χ0) is 21.7. The summed E-state index contributed by atoms with van der Waals surface area (Å²) in [5.41, 5.74) is 5.84. The second kappa shape index (κ2) is 7.35. The molecule has 1 fully saturated rings. The molecular formula is C19H18ClF2N5O2S. The fourth-order valence-corrected chi connectivity index (χ4v) is 5.30. The molecule has 11 heteroatoms. The summed E-state index contributed by atoms with van der Waals surface area (Å²) in [5.74, 6) is -0.675. The first-order chi connectivity index (χ1) is 14.2. The number of thioether (sulfide) groups is 1. The predicted octanol–water partition coefficient (Wildman–Crippen LogP) is 3.69. The summed E-state index contributed by atoms with van der Waals surface area (Å²) in [6.07, 6.45) is 0.504. The van der Waals surface area contributed by atoms with Crippen molar-refractivity contribution in [3.63, 3.8) is 0 Å². The van der Waals surface area contributed by atoms with Crippen LogP contribution in [0.2, 0.25) is 5.02 Å². The highest BCUT2D eigenvalue weighted by molar-refractivity contribution is 8.15. The number of pyridine rings is 2. The number of rotatable bonds is 5. The van der Waals surface area contributed by atoms with E-state index in [1.54, 1.807) is 19.1 Å². The third kappa shape index (κ3) is 3.37. The van der Waals surface area contributed by atoms with Gasteiger partial charge in [-0.3, -0.25) is 9.79 Å². The van der Waals surface area contributed by atoms with Gasteiger partial charge in [-0.1, -0.05) is 23.4 Å². The van der Waals surface area contributed by atoms with Crippen LogP contribution in [0.1, 0.15) is 29.4 Å². The number of alkyl halides is 2. The van der Waals surface area contributed by atoms with Crippen LogP contribution in [0.5, 0.6) is 5.88 Å². The fourth-order valence-electron chi connectivity index (χ4n) is 3.86. The Hall–Kier alpha value is -2.46. The van der Waals surface area contributed by atoms with Gasteiger partial charge in [-0.05, 0) is 31.5 Å². The first-order valence-corrected chi connectivity index (χ1v) is 10.2. The normalized spacial score (nSPS) is 27.3. The van der Waals surface area contributed by atoms with Gasteiger partial charge in [-0.2, -0.15) is 0 Å². The second-order valence-corrected chi connectivity index (χ2v) is 9.13. The van der Waals surface area contributed by atoms with Gasteiger partial charge in [0.05, 0.1) is 34.3 Å². The van der Waals surface area contributed by atoms with Crippen LogP contribution in [-0.4, -0.2) is 39.3 Å². The van der Waals surface area contributed by atoms with Crippen molar-refractivity contribution in [2.24, 2.45) is 16.6 Å². The van der Waals surface area contributed by atoms with Crippen molar-refractivity contribution in [1.29, 1.82) is 0 Å². The molecule has 30 heavy (non-hydrogen) atoms. The molecule has 2 aromatic rings. The Labute approximate surface area is 180 Å². The van der Waals surface area contributed by atoms with Crippen molar-refractivity contribution in [3.8, 4) is 5.88 Å². The quantitative estimate of drug-likeness (QED) is 0.715. The summed E-state index contributed by atoms with van der Waals surface area (Å²) in [7, 11) is 1.43. The summed E-state index contributed by atoms with van der Waals surface area (Å²) in [6, 6.07) is 4.67. The molecule has 2 aromatic heterocycles. The van der Waals surface area contributed by atoms with Crippen LogP contribution in [-0.2, 0) is 5.54 Å². The number of fused-ring (bicyclic) bond motifs is 1. The summed E-state index contributed by atoms with van der Waals surface area (Å²) in [6.45, 7) is 1.74. The molecule has 0 saturated heterocycles. The van der Waals surface area contributed by atoms with Crippen LogP contribution < -0.4 is 15.8 Å². The number of amides is 1. The molecule has 1 saturated carbocycles. The SMILES string of the molecule is COc1ncc(NC(=O)c2ccc(Cl)cn2)cc1[C@@]1(C)N=C(N)S[C@@]2(C(F)F)C[C@@H]12. The molecule has 0 aromatic carbocycles. The maximum Gasteiger partial charge on any atom is 0.274 e. The van der Waals surface area contributed by atoms with E-state index in [1.165, 1.54) is 25.6 Å². The first-order valence-electron chi connectivity index (χ1n) is 8.99. The van der Waals surface area contributed by atoms with E-state index in [-0.39, 0.29) is 23.2 Å². The van der Waals surface area contributed by atoms with Gasteiger partial charge in [0.25, 0.3) is 12.3 Å². The molecule has 2 aliphatic rings. The number of carbonyl (C=O) groups is 1. The Balaban J connectivity index is 1.69. The monoisotopic (exact) mass is 453 g/mol. The van der Waals surface area contributed by atoms with Crippen molar-refractivity contribution in [2.45, 2.75) is 30.1 Å². The minimum Gasteiger partial charge on any atom is -0.481 e. The van der Waals surface area contributed by atoms with E-state index in [9.17, 15) is 13.6 Å². The predicted molar refractivity (Wildman–Crippen MR) is 111 cm³/mol. The van der Waals surface area contributed by atoms with E-state index in [2.05, 4.69) is 20.3 Å². The minimum absolute atomic E-state index is 0.0911.